The third kappa shape index (κ3) is 5.80. The van der Waals surface area contributed by atoms with Crippen LogP contribution in [0.1, 0.15) is 13.3 Å². The van der Waals surface area contributed by atoms with Crippen LogP contribution >= 0.6 is 0 Å². The zero-order chi connectivity index (χ0) is 14.3. The van der Waals surface area contributed by atoms with Crippen molar-refractivity contribution in [1.82, 2.24) is 10.6 Å². The Bertz CT molecular complexity index is 340. The monoisotopic (exact) mass is 261 g/mol. The molecule has 9 nitrogen and oxygen atoms in total. The highest BCUT2D eigenvalue weighted by Gasteiger charge is 2.26. The molecule has 0 saturated carbocycles. The Morgan fingerprint density at radius 1 is 1.17 bits per heavy atom. The number of nitrogens with one attached hydrogen (secondary N) is 2. The van der Waals surface area contributed by atoms with Crippen molar-refractivity contribution in [3.05, 3.63) is 0 Å². The minimum absolute atomic E-state index is 0.601. The van der Waals surface area contributed by atoms with Crippen LogP contribution in [0.5, 0.6) is 0 Å². The summed E-state index contributed by atoms with van der Waals surface area (Å²) in [5.41, 5.74) is 4.88. The third-order valence-corrected chi connectivity index (χ3v) is 1.92. The van der Waals surface area contributed by atoms with E-state index in [-0.39, 0.29) is 0 Å². The van der Waals surface area contributed by atoms with E-state index in [0.29, 0.717) is 0 Å². The van der Waals surface area contributed by atoms with E-state index in [9.17, 15) is 19.2 Å². The Morgan fingerprint density at radius 2 is 1.72 bits per heavy atom. The van der Waals surface area contributed by atoms with E-state index < -0.39 is 48.8 Å². The predicted octanol–water partition coefficient (Wildman–Crippen LogP) is -3.07. The summed E-state index contributed by atoms with van der Waals surface area (Å²) in [5, 5.41) is 21.5. The van der Waals surface area contributed by atoms with Gasteiger partial charge in [-0.25, -0.2) is 0 Å². The molecule has 102 valence electrons. The normalized spacial score (nSPS) is 13.2. The number of hydrogen-bond donors (Lipinski definition) is 5. The maximum Gasteiger partial charge on any atom is 0.305 e. The van der Waals surface area contributed by atoms with Gasteiger partial charge in [-0.05, 0) is 0 Å². The second-order valence-electron chi connectivity index (χ2n) is 3.50. The van der Waals surface area contributed by atoms with Crippen LogP contribution in [0.3, 0.4) is 0 Å². The van der Waals surface area contributed by atoms with E-state index in [1.54, 1.807) is 0 Å². The molecule has 0 aromatic carbocycles. The molecule has 0 aromatic rings. The minimum Gasteiger partial charge on any atom is -0.481 e. The first-order valence-corrected chi connectivity index (χ1v) is 4.97. The van der Waals surface area contributed by atoms with Gasteiger partial charge in [0.2, 0.25) is 17.7 Å². The first kappa shape index (κ1) is 15.8. The van der Waals surface area contributed by atoms with Gasteiger partial charge < -0.3 is 26.6 Å². The van der Waals surface area contributed by atoms with Crippen LogP contribution < -0.4 is 16.4 Å². The summed E-state index contributed by atoms with van der Waals surface area (Å²) in [4.78, 5) is 43.7. The topological polar surface area (TPSA) is 159 Å². The van der Waals surface area contributed by atoms with Crippen molar-refractivity contribution in [3.63, 3.8) is 0 Å². The van der Waals surface area contributed by atoms with Gasteiger partial charge >= 0.3 is 5.97 Å². The van der Waals surface area contributed by atoms with Gasteiger partial charge in [0.25, 0.3) is 0 Å². The highest BCUT2D eigenvalue weighted by Crippen LogP contribution is 1.95. The minimum atomic E-state index is -1.34. The van der Waals surface area contributed by atoms with E-state index in [1.807, 2.05) is 5.32 Å². The van der Waals surface area contributed by atoms with E-state index >= 15 is 0 Å². The molecule has 0 saturated heterocycles. The number of aliphatic hydroxyl groups is 1. The lowest BCUT2D eigenvalue weighted by Gasteiger charge is -2.19. The number of nitrogens with two attached hydrogens (primary N) is 1. The van der Waals surface area contributed by atoms with Gasteiger partial charge in [-0.15, -0.1) is 0 Å². The second-order valence-corrected chi connectivity index (χ2v) is 3.50. The lowest BCUT2D eigenvalue weighted by Crippen LogP contribution is -2.54. The number of carboxylic acid groups (broad SMARTS) is 1. The number of carbonyl (C=O) groups excluding carboxylic acids is 3. The van der Waals surface area contributed by atoms with E-state index in [0.717, 1.165) is 6.92 Å². The van der Waals surface area contributed by atoms with Crippen LogP contribution in [-0.4, -0.2) is 52.6 Å². The molecule has 6 N–H and O–H groups in total. The zero-order valence-electron chi connectivity index (χ0n) is 9.67. The maximum absolute atomic E-state index is 11.6. The van der Waals surface area contributed by atoms with Gasteiger partial charge in [-0.3, -0.25) is 19.2 Å². The molecular formula is C9H15N3O6. The summed E-state index contributed by atoms with van der Waals surface area (Å²) in [6, 6.07) is -2.67. The molecule has 18 heavy (non-hydrogen) atoms. The van der Waals surface area contributed by atoms with Crippen LogP contribution in [0.25, 0.3) is 0 Å². The van der Waals surface area contributed by atoms with Crippen molar-refractivity contribution in [3.8, 4) is 0 Å². The average molecular weight is 261 g/mol. The first-order valence-electron chi connectivity index (χ1n) is 4.97. The van der Waals surface area contributed by atoms with E-state index in [1.165, 1.54) is 0 Å². The van der Waals surface area contributed by atoms with Crippen molar-refractivity contribution in [2.75, 3.05) is 6.61 Å². The standard InChI is InChI=1S/C9H15N3O6/c1-4(14)11-5(2-7(15)16)9(18)12-6(3-13)8(10)17/h5-6,13H,2-3H2,1H3,(H2,10,17)(H,11,14)(H,12,18)(H,15,16). The smallest absolute Gasteiger partial charge is 0.305 e. The summed E-state index contributed by atoms with van der Waals surface area (Å²) < 4.78 is 0. The Hall–Kier alpha value is -2.16. The number of carboxylic acids is 1. The van der Waals surface area contributed by atoms with Gasteiger partial charge in [0.1, 0.15) is 12.1 Å². The molecule has 2 unspecified atom stereocenters. The fraction of sp³-hybridized carbons (Fsp3) is 0.556. The van der Waals surface area contributed by atoms with Crippen molar-refractivity contribution >= 4 is 23.7 Å². The summed E-state index contributed by atoms with van der Waals surface area (Å²) in [6.07, 6.45) is -0.650. The van der Waals surface area contributed by atoms with E-state index in [2.05, 4.69) is 5.32 Å². The van der Waals surface area contributed by atoms with Crippen LogP contribution in [-0.2, 0) is 19.2 Å². The number of hydrogen-bond acceptors (Lipinski definition) is 5. The lowest BCUT2D eigenvalue weighted by molar-refractivity contribution is -0.140. The molecular weight excluding hydrogens is 246 g/mol. The highest BCUT2D eigenvalue weighted by molar-refractivity contribution is 5.93. The summed E-state index contributed by atoms with van der Waals surface area (Å²) in [5.74, 6) is -3.78. The van der Waals surface area contributed by atoms with Crippen LogP contribution in [0.2, 0.25) is 0 Å². The van der Waals surface area contributed by atoms with Crippen molar-refractivity contribution < 1.29 is 29.4 Å². The summed E-state index contributed by atoms with van der Waals surface area (Å²) >= 11 is 0. The Labute approximate surface area is 102 Å². The molecule has 0 heterocycles. The molecule has 0 spiro atoms. The SMILES string of the molecule is CC(=O)NC(CC(=O)O)C(=O)NC(CO)C(N)=O. The van der Waals surface area contributed by atoms with Crippen molar-refractivity contribution in [1.29, 1.82) is 0 Å². The van der Waals surface area contributed by atoms with Gasteiger partial charge in [-0.1, -0.05) is 0 Å². The first-order chi connectivity index (χ1) is 8.27. The number of carbonyl (C=O) groups is 4. The molecule has 2 atom stereocenters. The quantitative estimate of drug-likeness (QED) is 0.327. The Morgan fingerprint density at radius 3 is 2.06 bits per heavy atom. The fourth-order valence-electron chi connectivity index (χ4n) is 1.11. The van der Waals surface area contributed by atoms with E-state index in [4.69, 9.17) is 15.9 Å². The number of amides is 3. The Balaban J connectivity index is 4.68. The molecule has 0 radical (unpaired) electrons. The van der Waals surface area contributed by atoms with Gasteiger partial charge in [-0.2, -0.15) is 0 Å². The molecule has 0 aliphatic carbocycles. The second kappa shape index (κ2) is 7.22. The van der Waals surface area contributed by atoms with Gasteiger partial charge in [0.15, 0.2) is 0 Å². The van der Waals surface area contributed by atoms with Crippen molar-refractivity contribution in [2.45, 2.75) is 25.4 Å². The maximum atomic E-state index is 11.6. The predicted molar refractivity (Wildman–Crippen MR) is 58.1 cm³/mol. The molecule has 0 aliphatic heterocycles. The molecule has 3 amide bonds. The lowest BCUT2D eigenvalue weighted by atomic mass is 10.1. The largest absolute Gasteiger partial charge is 0.481 e. The summed E-state index contributed by atoms with van der Waals surface area (Å²) in [6.45, 7) is 0.390. The number of aliphatic hydroxyl groups excluding tert-OH is 1. The number of rotatable bonds is 7. The van der Waals surface area contributed by atoms with Crippen molar-refractivity contribution in [2.24, 2.45) is 5.73 Å². The molecule has 0 aromatic heterocycles. The Kier molecular flexibility index (Phi) is 6.35. The van der Waals surface area contributed by atoms with Gasteiger partial charge in [0, 0.05) is 6.92 Å². The third-order valence-electron chi connectivity index (χ3n) is 1.92. The summed E-state index contributed by atoms with van der Waals surface area (Å²) in [7, 11) is 0. The van der Waals surface area contributed by atoms with Crippen LogP contribution in [0.15, 0.2) is 0 Å². The molecule has 9 heteroatoms. The van der Waals surface area contributed by atoms with Crippen LogP contribution in [0, 0.1) is 0 Å². The molecule has 0 fully saturated rings. The number of aliphatic carboxylic acids is 1. The molecule has 0 rings (SSSR count). The highest BCUT2D eigenvalue weighted by atomic mass is 16.4. The fourth-order valence-corrected chi connectivity index (χ4v) is 1.11. The zero-order valence-corrected chi connectivity index (χ0v) is 9.67. The van der Waals surface area contributed by atoms with Gasteiger partial charge in [0.05, 0.1) is 13.0 Å². The average Bonchev–Trinajstić information content (AvgIpc) is 2.22. The van der Waals surface area contributed by atoms with Crippen LogP contribution in [0.4, 0.5) is 0 Å². The molecule has 0 aliphatic rings. The molecule has 0 bridgehead atoms. The number of primary amides is 1.